The van der Waals surface area contributed by atoms with E-state index in [1.807, 2.05) is 6.07 Å². The molecule has 0 spiro atoms. The van der Waals surface area contributed by atoms with Crippen LogP contribution in [0.1, 0.15) is 15.9 Å². The quantitative estimate of drug-likeness (QED) is 0.193. The number of hydrogen-bond donors (Lipinski definition) is 1. The average molecular weight is 512 g/mol. The summed E-state index contributed by atoms with van der Waals surface area (Å²) in [6, 6.07) is 19.9. The predicted octanol–water partition coefficient (Wildman–Crippen LogP) is 5.88. The van der Waals surface area contributed by atoms with E-state index >= 15 is 0 Å². The largest absolute Gasteiger partial charge is 0.497 e. The Morgan fingerprint density at radius 1 is 1.06 bits per heavy atom. The van der Waals surface area contributed by atoms with Crippen LogP contribution >= 0.6 is 27.5 Å². The maximum absolute atomic E-state index is 12.4. The summed E-state index contributed by atoms with van der Waals surface area (Å²) in [5.74, 6) is -0.360. The minimum atomic E-state index is -0.579. The van der Waals surface area contributed by atoms with Gasteiger partial charge in [0.2, 0.25) is 0 Å². The molecule has 0 saturated carbocycles. The van der Waals surface area contributed by atoms with Gasteiger partial charge in [-0.05, 0) is 72.3 Å². The smallest absolute Gasteiger partial charge is 0.343 e. The number of nitrogens with one attached hydrogen (secondary N) is 1. The van der Waals surface area contributed by atoms with Crippen molar-refractivity contribution in [3.8, 4) is 17.6 Å². The van der Waals surface area contributed by atoms with E-state index in [0.29, 0.717) is 22.6 Å². The summed E-state index contributed by atoms with van der Waals surface area (Å²) >= 11 is 9.56. The Hall–Kier alpha value is -3.60. The van der Waals surface area contributed by atoms with Gasteiger partial charge in [0, 0.05) is 10.2 Å². The molecule has 0 bridgehead atoms. The second-order valence-electron chi connectivity index (χ2n) is 6.44. The number of ether oxygens (including phenoxy) is 2. The van der Waals surface area contributed by atoms with Crippen molar-refractivity contribution in [1.29, 1.82) is 5.26 Å². The van der Waals surface area contributed by atoms with Crippen molar-refractivity contribution in [2.45, 2.75) is 0 Å². The maximum Gasteiger partial charge on any atom is 0.343 e. The van der Waals surface area contributed by atoms with Gasteiger partial charge in [0.1, 0.15) is 23.1 Å². The average Bonchev–Trinajstić information content (AvgIpc) is 2.80. The summed E-state index contributed by atoms with van der Waals surface area (Å²) in [4.78, 5) is 24.7. The molecule has 160 valence electrons. The molecule has 0 aliphatic carbocycles. The van der Waals surface area contributed by atoms with Crippen molar-refractivity contribution < 1.29 is 19.1 Å². The van der Waals surface area contributed by atoms with E-state index < -0.39 is 11.9 Å². The fourth-order valence-corrected chi connectivity index (χ4v) is 3.11. The van der Waals surface area contributed by atoms with E-state index in [1.54, 1.807) is 54.6 Å². The Morgan fingerprint density at radius 3 is 2.34 bits per heavy atom. The Morgan fingerprint density at radius 2 is 1.75 bits per heavy atom. The first kappa shape index (κ1) is 23.1. The molecule has 0 fully saturated rings. The van der Waals surface area contributed by atoms with Crippen LogP contribution in [0.3, 0.4) is 0 Å². The van der Waals surface area contributed by atoms with Crippen LogP contribution in [0, 0.1) is 11.3 Å². The number of esters is 1. The summed E-state index contributed by atoms with van der Waals surface area (Å²) in [5, 5.41) is 12.2. The van der Waals surface area contributed by atoms with Crippen LogP contribution in [0.25, 0.3) is 6.08 Å². The summed E-state index contributed by atoms with van der Waals surface area (Å²) in [7, 11) is 1.53. The van der Waals surface area contributed by atoms with E-state index in [1.165, 1.54) is 25.3 Å². The molecule has 0 heterocycles. The summed E-state index contributed by atoms with van der Waals surface area (Å²) < 4.78 is 11.3. The molecule has 32 heavy (non-hydrogen) atoms. The van der Waals surface area contributed by atoms with Crippen molar-refractivity contribution in [2.75, 3.05) is 12.4 Å². The van der Waals surface area contributed by atoms with Crippen LogP contribution in [-0.4, -0.2) is 19.0 Å². The van der Waals surface area contributed by atoms with Gasteiger partial charge in [-0.1, -0.05) is 33.6 Å². The number of nitriles is 1. The van der Waals surface area contributed by atoms with Gasteiger partial charge >= 0.3 is 5.97 Å². The van der Waals surface area contributed by atoms with Crippen molar-refractivity contribution in [1.82, 2.24) is 0 Å². The maximum atomic E-state index is 12.4. The zero-order valence-corrected chi connectivity index (χ0v) is 19.1. The Bertz CT molecular complexity index is 1220. The summed E-state index contributed by atoms with van der Waals surface area (Å²) in [6.07, 6.45) is 1.40. The number of amides is 1. The molecule has 0 aromatic heterocycles. The third-order valence-electron chi connectivity index (χ3n) is 4.26. The van der Waals surface area contributed by atoms with Crippen LogP contribution in [0.2, 0.25) is 5.02 Å². The number of nitrogens with zero attached hydrogens (tertiary/aromatic N) is 1. The molecule has 1 amide bonds. The molecule has 0 unspecified atom stereocenters. The van der Waals surface area contributed by atoms with E-state index in [2.05, 4.69) is 21.2 Å². The first-order valence-corrected chi connectivity index (χ1v) is 10.4. The van der Waals surface area contributed by atoms with Gasteiger partial charge in [0.15, 0.2) is 0 Å². The molecular weight excluding hydrogens is 496 g/mol. The molecule has 0 aliphatic heterocycles. The lowest BCUT2D eigenvalue weighted by Gasteiger charge is -2.08. The molecule has 0 atom stereocenters. The zero-order valence-electron chi connectivity index (χ0n) is 16.8. The van der Waals surface area contributed by atoms with Gasteiger partial charge in [-0.2, -0.15) is 5.26 Å². The monoisotopic (exact) mass is 510 g/mol. The minimum Gasteiger partial charge on any atom is -0.497 e. The lowest BCUT2D eigenvalue weighted by atomic mass is 10.1. The number of anilines is 1. The topological polar surface area (TPSA) is 88.4 Å². The standard InChI is InChI=1S/C24H16BrClN2O4/c1-31-20-9-3-16(4-10-20)24(30)32-22-11-2-15(13-21(22)26)12-17(14-27)23(29)28-19-7-5-18(25)6-8-19/h2-13H,1H3,(H,28,29)/b17-12+. The van der Waals surface area contributed by atoms with Crippen LogP contribution in [0.15, 0.2) is 76.8 Å². The Labute approximate surface area is 198 Å². The van der Waals surface area contributed by atoms with Gasteiger partial charge in [-0.3, -0.25) is 4.79 Å². The number of methoxy groups -OCH3 is 1. The highest BCUT2D eigenvalue weighted by atomic mass is 79.9. The van der Waals surface area contributed by atoms with Crippen molar-refractivity contribution in [3.63, 3.8) is 0 Å². The fourth-order valence-electron chi connectivity index (χ4n) is 2.62. The highest BCUT2D eigenvalue weighted by Gasteiger charge is 2.13. The second-order valence-corrected chi connectivity index (χ2v) is 7.76. The lowest BCUT2D eigenvalue weighted by Crippen LogP contribution is -2.13. The van der Waals surface area contributed by atoms with E-state index in [-0.39, 0.29) is 16.3 Å². The Kier molecular flexibility index (Phi) is 7.66. The van der Waals surface area contributed by atoms with E-state index in [9.17, 15) is 14.9 Å². The first-order valence-electron chi connectivity index (χ1n) is 9.24. The van der Waals surface area contributed by atoms with Crippen LogP contribution in [-0.2, 0) is 4.79 Å². The highest BCUT2D eigenvalue weighted by molar-refractivity contribution is 9.10. The number of carbonyl (C=O) groups is 2. The molecule has 6 nitrogen and oxygen atoms in total. The number of rotatable bonds is 6. The molecule has 3 rings (SSSR count). The van der Waals surface area contributed by atoms with Gasteiger partial charge in [-0.25, -0.2) is 4.79 Å². The van der Waals surface area contributed by atoms with Crippen LogP contribution < -0.4 is 14.8 Å². The van der Waals surface area contributed by atoms with Gasteiger partial charge in [-0.15, -0.1) is 0 Å². The summed E-state index contributed by atoms with van der Waals surface area (Å²) in [6.45, 7) is 0. The van der Waals surface area contributed by atoms with Gasteiger partial charge in [0.05, 0.1) is 17.7 Å². The number of carbonyl (C=O) groups excluding carboxylic acids is 2. The normalized spacial score (nSPS) is 10.8. The van der Waals surface area contributed by atoms with Crippen molar-refractivity contribution >= 4 is 51.2 Å². The molecule has 8 heteroatoms. The second kappa shape index (κ2) is 10.6. The van der Waals surface area contributed by atoms with Crippen LogP contribution in [0.5, 0.6) is 11.5 Å². The molecular formula is C24H16BrClN2O4. The van der Waals surface area contributed by atoms with Crippen molar-refractivity contribution in [2.24, 2.45) is 0 Å². The number of hydrogen-bond acceptors (Lipinski definition) is 5. The van der Waals surface area contributed by atoms with E-state index in [4.69, 9.17) is 21.1 Å². The molecule has 1 N–H and O–H groups in total. The highest BCUT2D eigenvalue weighted by Crippen LogP contribution is 2.27. The number of halogens is 2. The predicted molar refractivity (Wildman–Crippen MR) is 126 cm³/mol. The third-order valence-corrected chi connectivity index (χ3v) is 5.09. The lowest BCUT2D eigenvalue weighted by molar-refractivity contribution is -0.112. The van der Waals surface area contributed by atoms with Crippen LogP contribution in [0.4, 0.5) is 5.69 Å². The molecule has 3 aromatic rings. The van der Waals surface area contributed by atoms with Gasteiger partial charge < -0.3 is 14.8 Å². The fraction of sp³-hybridized carbons (Fsp3) is 0.0417. The number of benzene rings is 3. The zero-order chi connectivity index (χ0) is 23.1. The minimum absolute atomic E-state index is 0.105. The Balaban J connectivity index is 1.73. The first-order chi connectivity index (χ1) is 15.4. The third kappa shape index (κ3) is 5.97. The molecule has 0 aliphatic rings. The molecule has 3 aromatic carbocycles. The van der Waals surface area contributed by atoms with Gasteiger partial charge in [0.25, 0.3) is 5.91 Å². The van der Waals surface area contributed by atoms with Crippen molar-refractivity contribution in [3.05, 3.63) is 92.9 Å². The SMILES string of the molecule is COc1ccc(C(=O)Oc2ccc(/C=C(\C#N)C(=O)Nc3ccc(Br)cc3)cc2Cl)cc1. The summed E-state index contributed by atoms with van der Waals surface area (Å²) in [5.41, 5.74) is 1.29. The van der Waals surface area contributed by atoms with E-state index in [0.717, 1.165) is 4.47 Å². The molecule has 0 saturated heterocycles. The molecule has 0 radical (unpaired) electrons.